The minimum atomic E-state index is -3.94. The van der Waals surface area contributed by atoms with E-state index in [4.69, 9.17) is 4.55 Å². The van der Waals surface area contributed by atoms with Crippen LogP contribution in [0.1, 0.15) is 129 Å². The molecule has 5 nitrogen and oxygen atoms in total. The Kier molecular flexibility index (Phi) is 28.8. The Morgan fingerprint density at radius 3 is 1.66 bits per heavy atom. The van der Waals surface area contributed by atoms with Crippen molar-refractivity contribution in [2.75, 3.05) is 12.3 Å². The SMILES string of the molecule is CCCCCCCC/C=C/CCCCCCCCCCCC([O-])=NCCCS(=O)(=O)O.[K+]. The molecule has 0 rings (SSSR count). The molecule has 0 aromatic carbocycles. The maximum Gasteiger partial charge on any atom is 1.00 e. The maximum absolute atomic E-state index is 11.6. The summed E-state index contributed by atoms with van der Waals surface area (Å²) in [4.78, 5) is 3.82. The number of hydrogen-bond donors (Lipinski definition) is 1. The molecule has 0 aliphatic rings. The minimum absolute atomic E-state index is 0. The van der Waals surface area contributed by atoms with Gasteiger partial charge in [0.1, 0.15) is 0 Å². The molecule has 0 amide bonds. The van der Waals surface area contributed by atoms with E-state index < -0.39 is 10.1 Å². The quantitative estimate of drug-likeness (QED) is 0.0583. The third-order valence-electron chi connectivity index (χ3n) is 5.50. The van der Waals surface area contributed by atoms with Gasteiger partial charge in [0.2, 0.25) is 0 Å². The number of unbranched alkanes of at least 4 members (excludes halogenated alkanes) is 15. The fourth-order valence-corrected chi connectivity index (χ4v) is 4.08. The Balaban J connectivity index is 0. The van der Waals surface area contributed by atoms with Crippen LogP contribution in [0, 0.1) is 0 Å². The van der Waals surface area contributed by atoms with Gasteiger partial charge in [-0.2, -0.15) is 8.42 Å². The molecule has 0 atom stereocenters. The fourth-order valence-electron chi connectivity index (χ4n) is 3.58. The number of rotatable bonds is 23. The van der Waals surface area contributed by atoms with Crippen molar-refractivity contribution in [2.24, 2.45) is 4.99 Å². The summed E-state index contributed by atoms with van der Waals surface area (Å²) in [6, 6.07) is 0. The van der Waals surface area contributed by atoms with Crippen LogP contribution in [0.15, 0.2) is 17.1 Å². The number of aliphatic imine (C=N–C) groups is 1. The molecule has 0 bridgehead atoms. The predicted molar refractivity (Wildman–Crippen MR) is 131 cm³/mol. The van der Waals surface area contributed by atoms with Crippen molar-refractivity contribution in [1.29, 1.82) is 0 Å². The van der Waals surface area contributed by atoms with Crippen LogP contribution in [0.3, 0.4) is 0 Å². The van der Waals surface area contributed by atoms with Crippen LogP contribution in [0.2, 0.25) is 0 Å². The van der Waals surface area contributed by atoms with Gasteiger partial charge in [0, 0.05) is 6.54 Å². The molecule has 32 heavy (non-hydrogen) atoms. The molecule has 0 saturated carbocycles. The van der Waals surface area contributed by atoms with Crippen LogP contribution in [-0.2, 0) is 10.1 Å². The second kappa shape index (κ2) is 26.4. The van der Waals surface area contributed by atoms with Crippen LogP contribution in [0.4, 0.5) is 0 Å². The normalized spacial score (nSPS) is 12.4. The summed E-state index contributed by atoms with van der Waals surface area (Å²) in [5.74, 6) is -0.490. The molecule has 184 valence electrons. The van der Waals surface area contributed by atoms with Crippen molar-refractivity contribution >= 4 is 16.0 Å². The molecule has 0 saturated heterocycles. The van der Waals surface area contributed by atoms with Crippen molar-refractivity contribution in [3.63, 3.8) is 0 Å². The van der Waals surface area contributed by atoms with Crippen molar-refractivity contribution in [3.8, 4) is 0 Å². The summed E-state index contributed by atoms with van der Waals surface area (Å²) in [6.07, 6.45) is 27.0. The Morgan fingerprint density at radius 2 is 1.19 bits per heavy atom. The summed E-state index contributed by atoms with van der Waals surface area (Å²) in [5, 5.41) is 11.6. The standard InChI is InChI=1S/C25H49NO4S.K/c1-2-3-4-5-6-7-8-9-10-11-12-13-14-15-16-17-18-19-20-22-25(27)26-23-21-24-31(28,29)30;/h9-10H,2-8,11-24H2,1H3,(H,26,27)(H,28,29,30);/q;+1/p-1/b10-9+;. The summed E-state index contributed by atoms with van der Waals surface area (Å²) >= 11 is 0. The Labute approximate surface area is 241 Å². The van der Waals surface area contributed by atoms with E-state index in [0.717, 1.165) is 19.3 Å². The van der Waals surface area contributed by atoms with Gasteiger partial charge in [-0.15, -0.1) is 0 Å². The maximum atomic E-state index is 11.6. The third-order valence-corrected chi connectivity index (χ3v) is 6.31. The molecule has 7 heteroatoms. The summed E-state index contributed by atoms with van der Waals surface area (Å²) in [6.45, 7) is 2.44. The van der Waals surface area contributed by atoms with E-state index in [9.17, 15) is 13.5 Å². The molecule has 0 fully saturated rings. The molecule has 0 aromatic heterocycles. The van der Waals surface area contributed by atoms with Crippen LogP contribution < -0.4 is 56.5 Å². The van der Waals surface area contributed by atoms with Gasteiger partial charge >= 0.3 is 51.4 Å². The first-order valence-corrected chi connectivity index (χ1v) is 14.4. The first-order chi connectivity index (χ1) is 15.0. The van der Waals surface area contributed by atoms with Crippen molar-refractivity contribution in [2.45, 2.75) is 129 Å². The van der Waals surface area contributed by atoms with Gasteiger partial charge in [-0.25, -0.2) is 0 Å². The summed E-state index contributed by atoms with van der Waals surface area (Å²) in [7, 11) is -3.94. The van der Waals surface area contributed by atoms with E-state index >= 15 is 0 Å². The zero-order chi connectivity index (χ0) is 23.0. The molecule has 0 aliphatic heterocycles. The third kappa shape index (κ3) is 30.8. The number of allylic oxidation sites excluding steroid dienone is 2. The second-order valence-electron chi connectivity index (χ2n) is 8.66. The van der Waals surface area contributed by atoms with Crippen molar-refractivity contribution in [3.05, 3.63) is 12.2 Å². The topological polar surface area (TPSA) is 89.8 Å². The molecule has 0 aromatic rings. The van der Waals surface area contributed by atoms with Crippen LogP contribution in [-0.4, -0.2) is 31.2 Å². The van der Waals surface area contributed by atoms with E-state index in [0.29, 0.717) is 6.42 Å². The molecule has 0 aliphatic carbocycles. The Morgan fingerprint density at radius 1 is 0.750 bits per heavy atom. The average Bonchev–Trinajstić information content (AvgIpc) is 2.72. The molecule has 1 N–H and O–H groups in total. The first-order valence-electron chi connectivity index (χ1n) is 12.8. The summed E-state index contributed by atoms with van der Waals surface area (Å²) in [5.41, 5.74) is 0. The van der Waals surface area contributed by atoms with E-state index in [1.165, 1.54) is 89.9 Å². The molecular formula is C25H48KNO4S. The predicted octanol–water partition coefficient (Wildman–Crippen LogP) is 3.63. The average molecular weight is 498 g/mol. The minimum Gasteiger partial charge on any atom is -0.862 e. The number of nitrogens with zero attached hydrogens (tertiary/aromatic N) is 1. The smallest absolute Gasteiger partial charge is 0.862 e. The van der Waals surface area contributed by atoms with Crippen molar-refractivity contribution in [1.82, 2.24) is 0 Å². The van der Waals surface area contributed by atoms with Crippen molar-refractivity contribution < 1.29 is 69.5 Å². The largest absolute Gasteiger partial charge is 1.00 e. The van der Waals surface area contributed by atoms with Crippen LogP contribution in [0.25, 0.3) is 0 Å². The zero-order valence-corrected chi connectivity index (χ0v) is 25.0. The molecule has 0 unspecified atom stereocenters. The van der Waals surface area contributed by atoms with Gasteiger partial charge in [0.25, 0.3) is 10.1 Å². The van der Waals surface area contributed by atoms with Crippen LogP contribution >= 0.6 is 0 Å². The van der Waals surface area contributed by atoms with E-state index in [-0.39, 0.29) is 76.0 Å². The van der Waals surface area contributed by atoms with Gasteiger partial charge in [-0.1, -0.05) is 96.1 Å². The van der Waals surface area contributed by atoms with Gasteiger partial charge in [-0.3, -0.25) is 4.55 Å². The first kappa shape index (κ1) is 34.9. The van der Waals surface area contributed by atoms with E-state index in [1.54, 1.807) is 0 Å². The molecular weight excluding hydrogens is 449 g/mol. The van der Waals surface area contributed by atoms with Gasteiger partial charge in [0.05, 0.1) is 5.75 Å². The van der Waals surface area contributed by atoms with Gasteiger partial charge < -0.3 is 10.1 Å². The molecule has 0 radical (unpaired) electrons. The Bertz CT molecular complexity index is 550. The monoisotopic (exact) mass is 497 g/mol. The zero-order valence-electron chi connectivity index (χ0n) is 21.0. The Hall–Kier alpha value is 0.756. The van der Waals surface area contributed by atoms with E-state index in [2.05, 4.69) is 24.1 Å². The van der Waals surface area contributed by atoms with Crippen LogP contribution in [0.5, 0.6) is 0 Å². The van der Waals surface area contributed by atoms with Gasteiger partial charge in [0.15, 0.2) is 0 Å². The second-order valence-corrected chi connectivity index (χ2v) is 10.2. The summed E-state index contributed by atoms with van der Waals surface area (Å²) < 4.78 is 29.7. The number of hydrogen-bond acceptors (Lipinski definition) is 4. The van der Waals surface area contributed by atoms with E-state index in [1.807, 2.05) is 0 Å². The fraction of sp³-hybridized carbons (Fsp3) is 0.880. The van der Waals surface area contributed by atoms with Gasteiger partial charge in [-0.05, 0) is 50.8 Å². The molecule has 0 heterocycles. The molecule has 0 spiro atoms.